The fourth-order valence-electron chi connectivity index (χ4n) is 2.37. The van der Waals surface area contributed by atoms with Gasteiger partial charge in [0.25, 0.3) is 11.6 Å². The van der Waals surface area contributed by atoms with E-state index in [-0.39, 0.29) is 11.6 Å². The second-order valence-electron chi connectivity index (χ2n) is 5.70. The highest BCUT2D eigenvalue weighted by Crippen LogP contribution is 2.19. The summed E-state index contributed by atoms with van der Waals surface area (Å²) in [5, 5.41) is 14.0. The van der Waals surface area contributed by atoms with E-state index in [9.17, 15) is 14.9 Å². The fourth-order valence-corrected chi connectivity index (χ4v) is 2.50. The number of benzene rings is 3. The Hall–Kier alpha value is -3.38. The molecule has 0 spiro atoms. The number of nitro benzene ring substituents is 1. The molecule has 0 aromatic heterocycles. The van der Waals surface area contributed by atoms with Crippen LogP contribution in [0.5, 0.6) is 5.75 Å². The monoisotopic (exact) mass is 382 g/mol. The van der Waals surface area contributed by atoms with Gasteiger partial charge in [-0.05, 0) is 54.1 Å². The molecule has 0 bridgehead atoms. The van der Waals surface area contributed by atoms with Crippen molar-refractivity contribution in [3.8, 4) is 5.75 Å². The van der Waals surface area contributed by atoms with Crippen molar-refractivity contribution in [2.75, 3.05) is 5.32 Å². The van der Waals surface area contributed by atoms with Crippen molar-refractivity contribution in [3.63, 3.8) is 0 Å². The molecule has 7 heteroatoms. The maximum absolute atomic E-state index is 12.4. The molecule has 27 heavy (non-hydrogen) atoms. The number of rotatable bonds is 6. The molecule has 6 nitrogen and oxygen atoms in total. The number of hydrogen-bond acceptors (Lipinski definition) is 4. The average Bonchev–Trinajstić information content (AvgIpc) is 2.68. The number of halogens is 1. The molecule has 0 saturated carbocycles. The van der Waals surface area contributed by atoms with Crippen molar-refractivity contribution in [2.24, 2.45) is 0 Å². The molecule has 0 aliphatic carbocycles. The van der Waals surface area contributed by atoms with E-state index in [4.69, 9.17) is 16.3 Å². The molecule has 0 radical (unpaired) electrons. The van der Waals surface area contributed by atoms with Crippen LogP contribution in [0.2, 0.25) is 5.02 Å². The van der Waals surface area contributed by atoms with Gasteiger partial charge >= 0.3 is 0 Å². The van der Waals surface area contributed by atoms with Crippen molar-refractivity contribution in [1.29, 1.82) is 0 Å². The Bertz CT molecular complexity index is 956. The van der Waals surface area contributed by atoms with E-state index in [2.05, 4.69) is 5.32 Å². The second kappa shape index (κ2) is 8.33. The summed E-state index contributed by atoms with van der Waals surface area (Å²) in [4.78, 5) is 22.6. The number of anilines is 1. The average molecular weight is 383 g/mol. The Morgan fingerprint density at radius 1 is 1.04 bits per heavy atom. The molecule has 0 saturated heterocycles. The van der Waals surface area contributed by atoms with E-state index in [1.54, 1.807) is 42.5 Å². The summed E-state index contributed by atoms with van der Waals surface area (Å²) in [6.07, 6.45) is 0. The lowest BCUT2D eigenvalue weighted by molar-refractivity contribution is -0.384. The van der Waals surface area contributed by atoms with Gasteiger partial charge in [0.15, 0.2) is 0 Å². The predicted molar refractivity (Wildman–Crippen MR) is 103 cm³/mol. The van der Waals surface area contributed by atoms with Crippen molar-refractivity contribution in [1.82, 2.24) is 0 Å². The zero-order valence-electron chi connectivity index (χ0n) is 14.1. The van der Waals surface area contributed by atoms with Crippen LogP contribution in [0.3, 0.4) is 0 Å². The first kappa shape index (κ1) is 18.4. The summed E-state index contributed by atoms with van der Waals surface area (Å²) in [6, 6.07) is 19.7. The molecule has 3 aromatic rings. The van der Waals surface area contributed by atoms with E-state index in [0.717, 1.165) is 5.56 Å². The van der Waals surface area contributed by atoms with Gasteiger partial charge in [0, 0.05) is 28.4 Å². The molecule has 0 atom stereocenters. The van der Waals surface area contributed by atoms with Crippen LogP contribution in [-0.2, 0) is 6.61 Å². The molecule has 3 aromatic carbocycles. The van der Waals surface area contributed by atoms with Crippen LogP contribution in [0, 0.1) is 10.1 Å². The summed E-state index contributed by atoms with van der Waals surface area (Å²) >= 11 is 5.84. The maximum atomic E-state index is 12.4. The maximum Gasteiger partial charge on any atom is 0.269 e. The summed E-state index contributed by atoms with van der Waals surface area (Å²) in [5.74, 6) is 0.373. The topological polar surface area (TPSA) is 81.5 Å². The quantitative estimate of drug-likeness (QED) is 0.476. The van der Waals surface area contributed by atoms with Gasteiger partial charge in [-0.25, -0.2) is 0 Å². The van der Waals surface area contributed by atoms with Crippen LogP contribution in [-0.4, -0.2) is 10.8 Å². The minimum atomic E-state index is -0.490. The Morgan fingerprint density at radius 3 is 2.41 bits per heavy atom. The van der Waals surface area contributed by atoms with E-state index in [1.165, 1.54) is 24.3 Å². The minimum Gasteiger partial charge on any atom is -0.489 e. The largest absolute Gasteiger partial charge is 0.489 e. The van der Waals surface area contributed by atoms with Crippen molar-refractivity contribution < 1.29 is 14.5 Å². The Labute approximate surface area is 160 Å². The molecule has 0 aliphatic heterocycles. The van der Waals surface area contributed by atoms with Gasteiger partial charge in [0.05, 0.1) is 4.92 Å². The van der Waals surface area contributed by atoms with Gasteiger partial charge in [-0.1, -0.05) is 23.7 Å². The highest BCUT2D eigenvalue weighted by Gasteiger charge is 2.09. The van der Waals surface area contributed by atoms with Crippen LogP contribution in [0.1, 0.15) is 15.9 Å². The number of amides is 1. The number of carbonyl (C=O) groups excluding carboxylic acids is 1. The summed E-state index contributed by atoms with van der Waals surface area (Å²) in [7, 11) is 0. The molecule has 1 N–H and O–H groups in total. The van der Waals surface area contributed by atoms with Gasteiger partial charge in [-0.3, -0.25) is 14.9 Å². The van der Waals surface area contributed by atoms with Gasteiger partial charge in [0.2, 0.25) is 0 Å². The molecule has 0 heterocycles. The SMILES string of the molecule is O=C(Nc1ccc([N+](=O)[O-])cc1)c1cccc(COc2ccc(Cl)cc2)c1. The summed E-state index contributed by atoms with van der Waals surface area (Å²) in [6.45, 7) is 0.306. The molecule has 0 aliphatic rings. The van der Waals surface area contributed by atoms with Crippen LogP contribution in [0.25, 0.3) is 0 Å². The first-order chi connectivity index (χ1) is 13.0. The minimum absolute atomic E-state index is 0.0330. The highest BCUT2D eigenvalue weighted by atomic mass is 35.5. The summed E-state index contributed by atoms with van der Waals surface area (Å²) in [5.41, 5.74) is 1.75. The second-order valence-corrected chi connectivity index (χ2v) is 6.14. The van der Waals surface area contributed by atoms with Gasteiger partial charge < -0.3 is 10.1 Å². The number of non-ortho nitro benzene ring substituents is 1. The number of nitrogens with zero attached hydrogens (tertiary/aromatic N) is 1. The van der Waals surface area contributed by atoms with E-state index >= 15 is 0 Å². The number of nitrogens with one attached hydrogen (secondary N) is 1. The normalized spacial score (nSPS) is 10.3. The van der Waals surface area contributed by atoms with Crippen LogP contribution < -0.4 is 10.1 Å². The van der Waals surface area contributed by atoms with Crippen molar-refractivity contribution in [2.45, 2.75) is 6.61 Å². The Balaban J connectivity index is 1.64. The standard InChI is InChI=1S/C20H15ClN2O4/c21-16-4-10-19(11-5-16)27-13-14-2-1-3-15(12-14)20(24)22-17-6-8-18(9-7-17)23(25)26/h1-12H,13H2,(H,22,24). The Morgan fingerprint density at radius 2 is 1.74 bits per heavy atom. The third-order valence-electron chi connectivity index (χ3n) is 3.74. The zero-order chi connectivity index (χ0) is 19.2. The molecule has 0 fully saturated rings. The van der Waals surface area contributed by atoms with Crippen LogP contribution in [0.4, 0.5) is 11.4 Å². The number of hydrogen-bond donors (Lipinski definition) is 1. The third kappa shape index (κ3) is 5.05. The van der Waals surface area contributed by atoms with E-state index in [0.29, 0.717) is 28.6 Å². The fraction of sp³-hybridized carbons (Fsp3) is 0.0500. The third-order valence-corrected chi connectivity index (χ3v) is 4.00. The first-order valence-corrected chi connectivity index (χ1v) is 8.42. The van der Waals surface area contributed by atoms with Crippen molar-refractivity contribution >= 4 is 28.9 Å². The number of carbonyl (C=O) groups is 1. The lowest BCUT2D eigenvalue weighted by Gasteiger charge is -2.09. The lowest BCUT2D eigenvalue weighted by Crippen LogP contribution is -2.12. The molecular formula is C20H15ClN2O4. The number of nitro groups is 1. The summed E-state index contributed by atoms with van der Waals surface area (Å²) < 4.78 is 5.68. The van der Waals surface area contributed by atoms with Gasteiger partial charge in [-0.2, -0.15) is 0 Å². The van der Waals surface area contributed by atoms with Crippen molar-refractivity contribution in [3.05, 3.63) is 99.1 Å². The van der Waals surface area contributed by atoms with E-state index < -0.39 is 4.92 Å². The molecular weight excluding hydrogens is 368 g/mol. The number of ether oxygens (including phenoxy) is 1. The first-order valence-electron chi connectivity index (χ1n) is 8.04. The van der Waals surface area contributed by atoms with Gasteiger partial charge in [-0.15, -0.1) is 0 Å². The van der Waals surface area contributed by atoms with Crippen LogP contribution >= 0.6 is 11.6 Å². The zero-order valence-corrected chi connectivity index (χ0v) is 14.8. The van der Waals surface area contributed by atoms with E-state index in [1.807, 2.05) is 6.07 Å². The highest BCUT2D eigenvalue weighted by molar-refractivity contribution is 6.30. The predicted octanol–water partition coefficient (Wildman–Crippen LogP) is 5.08. The molecule has 1 amide bonds. The Kier molecular flexibility index (Phi) is 5.68. The smallest absolute Gasteiger partial charge is 0.269 e. The molecule has 3 rings (SSSR count). The van der Waals surface area contributed by atoms with Gasteiger partial charge in [0.1, 0.15) is 12.4 Å². The molecule has 136 valence electrons. The lowest BCUT2D eigenvalue weighted by atomic mass is 10.1. The molecule has 0 unspecified atom stereocenters. The van der Waals surface area contributed by atoms with Crippen LogP contribution in [0.15, 0.2) is 72.8 Å².